The van der Waals surface area contributed by atoms with E-state index in [1.807, 2.05) is 6.07 Å². The van der Waals surface area contributed by atoms with Gasteiger partial charge in [-0.2, -0.15) is 0 Å². The first-order valence-electron chi connectivity index (χ1n) is 6.57. The number of H-pyrrole nitrogens is 1. The van der Waals surface area contributed by atoms with Crippen LogP contribution in [0.3, 0.4) is 0 Å². The van der Waals surface area contributed by atoms with E-state index in [9.17, 15) is 4.79 Å². The molecule has 0 fully saturated rings. The van der Waals surface area contributed by atoms with E-state index in [1.54, 1.807) is 4.68 Å². The van der Waals surface area contributed by atoms with Gasteiger partial charge in [0.2, 0.25) is 0 Å². The molecule has 18 heavy (non-hydrogen) atoms. The Balaban J connectivity index is 2.17. The molecule has 0 radical (unpaired) electrons. The van der Waals surface area contributed by atoms with Crippen molar-refractivity contribution < 1.29 is 0 Å². The molecular weight excluding hydrogens is 224 g/mol. The molecular formula is C15H18N2O. The van der Waals surface area contributed by atoms with Crippen molar-refractivity contribution in [1.82, 2.24) is 9.78 Å². The number of nitrogens with one attached hydrogen (secondary N) is 1. The molecule has 1 aliphatic rings. The topological polar surface area (TPSA) is 37.8 Å². The zero-order chi connectivity index (χ0) is 12.7. The molecule has 1 heterocycles. The van der Waals surface area contributed by atoms with Gasteiger partial charge in [-0.1, -0.05) is 17.7 Å². The Labute approximate surface area is 106 Å². The fourth-order valence-corrected chi connectivity index (χ4v) is 2.81. The Hall–Kier alpha value is -1.77. The Morgan fingerprint density at radius 3 is 2.67 bits per heavy atom. The summed E-state index contributed by atoms with van der Waals surface area (Å²) in [5.74, 6) is 0. The maximum atomic E-state index is 12.4. The van der Waals surface area contributed by atoms with Crippen LogP contribution in [0.25, 0.3) is 5.69 Å². The number of aromatic nitrogens is 2. The van der Waals surface area contributed by atoms with Crippen molar-refractivity contribution in [3.63, 3.8) is 0 Å². The summed E-state index contributed by atoms with van der Waals surface area (Å²) in [5, 5.41) is 3.28. The van der Waals surface area contributed by atoms with Crippen LogP contribution in [0, 0.1) is 13.8 Å². The van der Waals surface area contributed by atoms with Gasteiger partial charge in [0.25, 0.3) is 5.56 Å². The molecule has 0 bridgehead atoms. The van der Waals surface area contributed by atoms with Crippen LogP contribution in [0.2, 0.25) is 0 Å². The van der Waals surface area contributed by atoms with Crippen LogP contribution in [-0.4, -0.2) is 9.78 Å². The van der Waals surface area contributed by atoms with Crippen molar-refractivity contribution in [3.05, 3.63) is 50.9 Å². The molecule has 0 saturated heterocycles. The fraction of sp³-hybridized carbons (Fsp3) is 0.400. The summed E-state index contributed by atoms with van der Waals surface area (Å²) in [6.45, 7) is 4.12. The van der Waals surface area contributed by atoms with Gasteiger partial charge >= 0.3 is 0 Å². The summed E-state index contributed by atoms with van der Waals surface area (Å²) in [5.41, 5.74) is 5.58. The highest BCUT2D eigenvalue weighted by atomic mass is 16.1. The summed E-state index contributed by atoms with van der Waals surface area (Å²) in [4.78, 5) is 12.4. The van der Waals surface area contributed by atoms with Gasteiger partial charge in [-0.25, -0.2) is 4.68 Å². The van der Waals surface area contributed by atoms with Crippen LogP contribution in [0.15, 0.2) is 23.0 Å². The molecule has 1 aromatic heterocycles. The minimum Gasteiger partial charge on any atom is -0.295 e. The quantitative estimate of drug-likeness (QED) is 0.820. The van der Waals surface area contributed by atoms with Gasteiger partial charge < -0.3 is 0 Å². The van der Waals surface area contributed by atoms with E-state index >= 15 is 0 Å². The van der Waals surface area contributed by atoms with Gasteiger partial charge in [0.15, 0.2) is 0 Å². The van der Waals surface area contributed by atoms with Crippen molar-refractivity contribution in [1.29, 1.82) is 0 Å². The average Bonchev–Trinajstić information content (AvgIpc) is 2.68. The van der Waals surface area contributed by atoms with Gasteiger partial charge in [0, 0.05) is 11.3 Å². The first-order valence-corrected chi connectivity index (χ1v) is 6.57. The monoisotopic (exact) mass is 242 g/mol. The highest BCUT2D eigenvalue weighted by Crippen LogP contribution is 2.19. The number of hydrogen-bond donors (Lipinski definition) is 1. The lowest BCUT2D eigenvalue weighted by Crippen LogP contribution is -2.18. The lowest BCUT2D eigenvalue weighted by atomic mass is 9.98. The van der Waals surface area contributed by atoms with Crippen LogP contribution in [0.1, 0.15) is 35.2 Å². The fourth-order valence-electron chi connectivity index (χ4n) is 2.81. The van der Waals surface area contributed by atoms with E-state index in [1.165, 1.54) is 12.0 Å². The van der Waals surface area contributed by atoms with Gasteiger partial charge in [-0.15, -0.1) is 0 Å². The Morgan fingerprint density at radius 2 is 1.94 bits per heavy atom. The van der Waals surface area contributed by atoms with E-state index in [4.69, 9.17) is 0 Å². The van der Waals surface area contributed by atoms with E-state index in [0.29, 0.717) is 0 Å². The minimum atomic E-state index is 0.136. The molecule has 2 aromatic rings. The second-order valence-electron chi connectivity index (χ2n) is 5.21. The lowest BCUT2D eigenvalue weighted by Gasteiger charge is -2.07. The molecule has 0 unspecified atom stereocenters. The second-order valence-corrected chi connectivity index (χ2v) is 5.21. The van der Waals surface area contributed by atoms with Crippen molar-refractivity contribution in [2.75, 3.05) is 0 Å². The van der Waals surface area contributed by atoms with Crippen molar-refractivity contribution in [2.45, 2.75) is 39.5 Å². The van der Waals surface area contributed by atoms with Crippen LogP contribution in [0.5, 0.6) is 0 Å². The maximum absolute atomic E-state index is 12.4. The molecule has 94 valence electrons. The van der Waals surface area contributed by atoms with Crippen molar-refractivity contribution in [2.24, 2.45) is 0 Å². The molecule has 0 atom stereocenters. The molecule has 3 rings (SSSR count). The van der Waals surface area contributed by atoms with Gasteiger partial charge in [-0.3, -0.25) is 9.89 Å². The predicted octanol–water partition coefficient (Wildman–Crippen LogP) is 2.66. The third-order valence-electron chi connectivity index (χ3n) is 3.77. The number of aromatic amines is 1. The molecule has 1 aromatic carbocycles. The standard InChI is InChI=1S/C15H18N2O/c1-10-7-8-14(11(2)9-10)17-15(18)12-5-3-4-6-13(12)16-17/h7-9,16H,3-6H2,1-2H3. The van der Waals surface area contributed by atoms with Crippen LogP contribution >= 0.6 is 0 Å². The van der Waals surface area contributed by atoms with E-state index in [-0.39, 0.29) is 5.56 Å². The third-order valence-corrected chi connectivity index (χ3v) is 3.77. The number of benzene rings is 1. The zero-order valence-corrected chi connectivity index (χ0v) is 10.9. The summed E-state index contributed by atoms with van der Waals surface area (Å²) in [6.07, 6.45) is 4.23. The Kier molecular flexibility index (Phi) is 2.62. The summed E-state index contributed by atoms with van der Waals surface area (Å²) in [6, 6.07) is 6.18. The normalized spacial score (nSPS) is 14.6. The third kappa shape index (κ3) is 1.70. The lowest BCUT2D eigenvalue weighted by molar-refractivity contribution is 0.670. The first-order chi connectivity index (χ1) is 8.66. The van der Waals surface area contributed by atoms with Crippen LogP contribution in [-0.2, 0) is 12.8 Å². The predicted molar refractivity (Wildman–Crippen MR) is 72.5 cm³/mol. The van der Waals surface area contributed by atoms with Crippen LogP contribution in [0.4, 0.5) is 0 Å². The zero-order valence-electron chi connectivity index (χ0n) is 10.9. The maximum Gasteiger partial charge on any atom is 0.274 e. The van der Waals surface area contributed by atoms with E-state index in [0.717, 1.165) is 41.8 Å². The van der Waals surface area contributed by atoms with E-state index < -0.39 is 0 Å². The summed E-state index contributed by atoms with van der Waals surface area (Å²) >= 11 is 0. The van der Waals surface area contributed by atoms with Gasteiger partial charge in [0.05, 0.1) is 5.69 Å². The highest BCUT2D eigenvalue weighted by Gasteiger charge is 2.18. The van der Waals surface area contributed by atoms with Gasteiger partial charge in [-0.05, 0) is 51.2 Å². The number of nitrogens with zero attached hydrogens (tertiary/aromatic N) is 1. The molecule has 1 N–H and O–H groups in total. The smallest absolute Gasteiger partial charge is 0.274 e. The molecule has 0 saturated carbocycles. The van der Waals surface area contributed by atoms with Crippen LogP contribution < -0.4 is 5.56 Å². The number of rotatable bonds is 1. The molecule has 1 aliphatic carbocycles. The Morgan fingerprint density at radius 1 is 1.17 bits per heavy atom. The number of aryl methyl sites for hydroxylation is 3. The summed E-state index contributed by atoms with van der Waals surface area (Å²) in [7, 11) is 0. The molecule has 0 spiro atoms. The number of fused-ring (bicyclic) bond motifs is 1. The molecule has 3 heteroatoms. The Bertz CT molecular complexity index is 649. The van der Waals surface area contributed by atoms with Crippen molar-refractivity contribution in [3.8, 4) is 5.69 Å². The SMILES string of the molecule is Cc1ccc(-n2[nH]c3c(c2=O)CCCC3)c(C)c1. The largest absolute Gasteiger partial charge is 0.295 e. The number of hydrogen-bond acceptors (Lipinski definition) is 1. The molecule has 0 amide bonds. The second kappa shape index (κ2) is 4.16. The first kappa shape index (κ1) is 11.3. The average molecular weight is 242 g/mol. The summed E-state index contributed by atoms with van der Waals surface area (Å²) < 4.78 is 1.71. The van der Waals surface area contributed by atoms with Crippen molar-refractivity contribution >= 4 is 0 Å². The van der Waals surface area contributed by atoms with E-state index in [2.05, 4.69) is 31.1 Å². The highest BCUT2D eigenvalue weighted by molar-refractivity contribution is 5.43. The van der Waals surface area contributed by atoms with Gasteiger partial charge in [0.1, 0.15) is 0 Å². The minimum absolute atomic E-state index is 0.136. The molecule has 3 nitrogen and oxygen atoms in total. The molecule has 0 aliphatic heterocycles.